The minimum atomic E-state index is 0.549. The van der Waals surface area contributed by atoms with Crippen molar-refractivity contribution in [1.82, 2.24) is 0 Å². The third-order valence-electron chi connectivity index (χ3n) is 1.06. The van der Waals surface area contributed by atoms with Gasteiger partial charge in [0.15, 0.2) is 0 Å². The van der Waals surface area contributed by atoms with Gasteiger partial charge in [-0.2, -0.15) is 12.6 Å². The summed E-state index contributed by atoms with van der Waals surface area (Å²) in [6.07, 6.45) is 1.64. The van der Waals surface area contributed by atoms with Crippen LogP contribution in [0, 0.1) is 0 Å². The minimum absolute atomic E-state index is 0.549. The van der Waals surface area contributed by atoms with Crippen molar-refractivity contribution >= 4 is 12.6 Å². The topological polar surface area (TPSA) is 22.4 Å². The largest absolute Gasteiger partial charge is 0.467 e. The summed E-state index contributed by atoms with van der Waals surface area (Å²) in [7, 11) is 0. The molecule has 0 saturated carbocycles. The van der Waals surface area contributed by atoms with Gasteiger partial charge in [-0.3, -0.25) is 0 Å². The van der Waals surface area contributed by atoms with Crippen LogP contribution >= 0.6 is 12.6 Å². The number of rotatable bonds is 4. The van der Waals surface area contributed by atoms with Crippen LogP contribution in [0.4, 0.5) is 0 Å². The molecule has 1 aromatic heterocycles. The fourth-order valence-corrected chi connectivity index (χ4v) is 0.761. The molecule has 0 saturated heterocycles. The summed E-state index contributed by atoms with van der Waals surface area (Å²) in [5.41, 5.74) is 0. The van der Waals surface area contributed by atoms with Crippen LogP contribution in [0.25, 0.3) is 0 Å². The van der Waals surface area contributed by atoms with Gasteiger partial charge in [0.05, 0.1) is 12.9 Å². The number of ether oxygens (including phenoxy) is 1. The molecule has 2 nitrogen and oxygen atoms in total. The normalized spacial score (nSPS) is 10.1. The molecule has 0 aliphatic heterocycles. The Morgan fingerprint density at radius 2 is 2.50 bits per heavy atom. The summed E-state index contributed by atoms with van der Waals surface area (Å²) in [6, 6.07) is 3.73. The Bertz CT molecular complexity index is 160. The molecule has 56 valence electrons. The maximum atomic E-state index is 5.16. The van der Waals surface area contributed by atoms with Crippen molar-refractivity contribution in [3.8, 4) is 0 Å². The van der Waals surface area contributed by atoms with Crippen molar-refractivity contribution in [1.29, 1.82) is 0 Å². The number of hydrogen-bond donors (Lipinski definition) is 1. The predicted octanol–water partition coefficient (Wildman–Crippen LogP) is 1.73. The highest BCUT2D eigenvalue weighted by Crippen LogP contribution is 2.00. The third-order valence-corrected chi connectivity index (χ3v) is 1.24. The molecule has 1 heterocycles. The van der Waals surface area contributed by atoms with Gasteiger partial charge in [-0.25, -0.2) is 0 Å². The second kappa shape index (κ2) is 4.41. The molecule has 0 aliphatic carbocycles. The van der Waals surface area contributed by atoms with E-state index in [1.165, 1.54) is 0 Å². The van der Waals surface area contributed by atoms with Crippen LogP contribution in [0.1, 0.15) is 5.76 Å². The molecule has 0 aliphatic rings. The zero-order chi connectivity index (χ0) is 7.23. The quantitative estimate of drug-likeness (QED) is 0.532. The van der Waals surface area contributed by atoms with Gasteiger partial charge in [0.25, 0.3) is 0 Å². The Morgan fingerprint density at radius 1 is 1.60 bits per heavy atom. The molecule has 0 radical (unpaired) electrons. The number of hydrogen-bond acceptors (Lipinski definition) is 3. The first kappa shape index (κ1) is 7.69. The van der Waals surface area contributed by atoms with Crippen molar-refractivity contribution in [2.45, 2.75) is 6.61 Å². The van der Waals surface area contributed by atoms with Crippen LogP contribution in [0.15, 0.2) is 22.8 Å². The van der Waals surface area contributed by atoms with E-state index in [2.05, 4.69) is 12.6 Å². The lowest BCUT2D eigenvalue weighted by molar-refractivity contribution is 0.120. The highest BCUT2D eigenvalue weighted by molar-refractivity contribution is 7.80. The molecule has 1 aromatic rings. The molecule has 0 spiro atoms. The molecule has 0 unspecified atom stereocenters. The average Bonchev–Trinajstić information content (AvgIpc) is 2.41. The van der Waals surface area contributed by atoms with Gasteiger partial charge in [0.1, 0.15) is 12.4 Å². The maximum absolute atomic E-state index is 5.16. The van der Waals surface area contributed by atoms with E-state index in [-0.39, 0.29) is 0 Å². The zero-order valence-electron chi connectivity index (χ0n) is 5.62. The lowest BCUT2D eigenvalue weighted by Crippen LogP contribution is -1.94. The van der Waals surface area contributed by atoms with E-state index in [0.717, 1.165) is 11.5 Å². The third kappa shape index (κ3) is 2.45. The van der Waals surface area contributed by atoms with Gasteiger partial charge in [0, 0.05) is 5.75 Å². The second-order valence-electron chi connectivity index (χ2n) is 1.86. The Kier molecular flexibility index (Phi) is 3.40. The standard InChI is InChI=1S/C7H10O2S/c10-5-4-8-6-7-2-1-3-9-7/h1-3,10H,4-6H2. The van der Waals surface area contributed by atoms with E-state index in [1.54, 1.807) is 6.26 Å². The van der Waals surface area contributed by atoms with Crippen LogP contribution in [-0.2, 0) is 11.3 Å². The van der Waals surface area contributed by atoms with Crippen LogP contribution in [0.3, 0.4) is 0 Å². The van der Waals surface area contributed by atoms with E-state index in [9.17, 15) is 0 Å². The van der Waals surface area contributed by atoms with Crippen molar-refractivity contribution in [2.75, 3.05) is 12.4 Å². The van der Waals surface area contributed by atoms with Crippen LogP contribution in [0.5, 0.6) is 0 Å². The lowest BCUT2D eigenvalue weighted by Gasteiger charge is -1.96. The Morgan fingerprint density at radius 3 is 3.10 bits per heavy atom. The summed E-state index contributed by atoms with van der Waals surface area (Å²) < 4.78 is 10.2. The monoisotopic (exact) mass is 158 g/mol. The molecule has 0 N–H and O–H groups in total. The van der Waals surface area contributed by atoms with E-state index < -0.39 is 0 Å². The first-order valence-corrected chi connectivity index (χ1v) is 3.77. The molecule has 0 bridgehead atoms. The Labute approximate surface area is 65.6 Å². The molecule has 10 heavy (non-hydrogen) atoms. The first-order chi connectivity index (χ1) is 4.93. The summed E-state index contributed by atoms with van der Waals surface area (Å²) in [6.45, 7) is 1.22. The van der Waals surface area contributed by atoms with Gasteiger partial charge in [-0.1, -0.05) is 0 Å². The maximum Gasteiger partial charge on any atom is 0.129 e. The molecule has 3 heteroatoms. The summed E-state index contributed by atoms with van der Waals surface area (Å²) in [4.78, 5) is 0. The minimum Gasteiger partial charge on any atom is -0.467 e. The lowest BCUT2D eigenvalue weighted by atomic mass is 10.5. The average molecular weight is 158 g/mol. The highest BCUT2D eigenvalue weighted by atomic mass is 32.1. The van der Waals surface area contributed by atoms with Gasteiger partial charge in [-0.15, -0.1) is 0 Å². The molecule has 1 rings (SSSR count). The second-order valence-corrected chi connectivity index (χ2v) is 2.30. The van der Waals surface area contributed by atoms with Crippen LogP contribution < -0.4 is 0 Å². The van der Waals surface area contributed by atoms with Crippen LogP contribution in [0.2, 0.25) is 0 Å². The highest BCUT2D eigenvalue weighted by Gasteiger charge is 1.92. The summed E-state index contributed by atoms with van der Waals surface area (Å²) >= 11 is 4.00. The van der Waals surface area contributed by atoms with Crippen molar-refractivity contribution in [2.24, 2.45) is 0 Å². The van der Waals surface area contributed by atoms with Crippen molar-refractivity contribution < 1.29 is 9.15 Å². The predicted molar refractivity (Wildman–Crippen MR) is 42.2 cm³/mol. The van der Waals surface area contributed by atoms with Crippen molar-refractivity contribution in [3.63, 3.8) is 0 Å². The van der Waals surface area contributed by atoms with Gasteiger partial charge in [-0.05, 0) is 12.1 Å². The molecule has 0 amide bonds. The molecule has 0 aromatic carbocycles. The molecule has 0 atom stereocenters. The summed E-state index contributed by atoms with van der Waals surface area (Å²) in [5.74, 6) is 1.61. The fraction of sp³-hybridized carbons (Fsp3) is 0.429. The van der Waals surface area contributed by atoms with E-state index in [1.807, 2.05) is 12.1 Å². The number of furan rings is 1. The van der Waals surface area contributed by atoms with Gasteiger partial charge < -0.3 is 9.15 Å². The van der Waals surface area contributed by atoms with Gasteiger partial charge in [0.2, 0.25) is 0 Å². The zero-order valence-corrected chi connectivity index (χ0v) is 6.51. The SMILES string of the molecule is SCCOCc1ccco1. The molecule has 0 fully saturated rings. The Balaban J connectivity index is 2.15. The summed E-state index contributed by atoms with van der Waals surface area (Å²) in [5, 5.41) is 0. The van der Waals surface area contributed by atoms with Crippen LogP contribution in [-0.4, -0.2) is 12.4 Å². The van der Waals surface area contributed by atoms with E-state index >= 15 is 0 Å². The van der Waals surface area contributed by atoms with E-state index in [0.29, 0.717) is 13.2 Å². The van der Waals surface area contributed by atoms with Crippen molar-refractivity contribution in [3.05, 3.63) is 24.2 Å². The first-order valence-electron chi connectivity index (χ1n) is 3.14. The molecular weight excluding hydrogens is 148 g/mol. The van der Waals surface area contributed by atoms with Gasteiger partial charge >= 0.3 is 0 Å². The Hall–Kier alpha value is -0.410. The fourth-order valence-electron chi connectivity index (χ4n) is 0.632. The van der Waals surface area contributed by atoms with E-state index in [4.69, 9.17) is 9.15 Å². The smallest absolute Gasteiger partial charge is 0.129 e. The molecular formula is C7H10O2S. The number of thiol groups is 1.